The van der Waals surface area contributed by atoms with Crippen molar-refractivity contribution in [2.75, 3.05) is 24.3 Å². The molecule has 0 saturated heterocycles. The lowest BCUT2D eigenvalue weighted by molar-refractivity contribution is -0.116. The number of carbonyl (C=O) groups excluding carboxylic acids is 2. The smallest absolute Gasteiger partial charge is 0.271 e. The van der Waals surface area contributed by atoms with E-state index in [1.54, 1.807) is 5.38 Å². The zero-order valence-corrected chi connectivity index (χ0v) is 15.8. The van der Waals surface area contributed by atoms with Crippen LogP contribution in [0.15, 0.2) is 29.6 Å². The Morgan fingerprint density at radius 2 is 1.88 bits per heavy atom. The van der Waals surface area contributed by atoms with Crippen LogP contribution in [0.25, 0.3) is 0 Å². The van der Waals surface area contributed by atoms with E-state index in [2.05, 4.69) is 15.6 Å². The lowest BCUT2D eigenvalue weighted by Gasteiger charge is -2.12. The average molecular weight is 360 g/mol. The molecule has 134 valence electrons. The van der Waals surface area contributed by atoms with E-state index in [0.717, 1.165) is 11.3 Å². The minimum Gasteiger partial charge on any atom is -0.378 e. The van der Waals surface area contributed by atoms with Gasteiger partial charge in [0.2, 0.25) is 5.91 Å². The van der Waals surface area contributed by atoms with Crippen molar-refractivity contribution >= 4 is 34.0 Å². The Bertz CT molecular complexity index is 723. The fourth-order valence-electron chi connectivity index (χ4n) is 2.16. The van der Waals surface area contributed by atoms with Gasteiger partial charge in [0.05, 0.1) is 0 Å². The highest BCUT2D eigenvalue weighted by Crippen LogP contribution is 2.17. The number of rotatable bonds is 7. The van der Waals surface area contributed by atoms with Crippen molar-refractivity contribution in [2.45, 2.75) is 26.8 Å². The summed E-state index contributed by atoms with van der Waals surface area (Å²) >= 11 is 1.25. The monoisotopic (exact) mass is 360 g/mol. The van der Waals surface area contributed by atoms with Gasteiger partial charge in [-0.3, -0.25) is 9.59 Å². The van der Waals surface area contributed by atoms with Crippen molar-refractivity contribution < 1.29 is 9.59 Å². The van der Waals surface area contributed by atoms with Crippen LogP contribution >= 0.6 is 11.3 Å². The Labute approximate surface area is 152 Å². The number of hydrogen-bond acceptors (Lipinski definition) is 5. The molecule has 0 unspecified atom stereocenters. The molecule has 6 nitrogen and oxygen atoms in total. The molecule has 0 radical (unpaired) electrons. The number of nitrogens with zero attached hydrogens (tertiary/aromatic N) is 2. The molecule has 7 heteroatoms. The van der Waals surface area contributed by atoms with Crippen LogP contribution in [0.4, 0.5) is 10.8 Å². The van der Waals surface area contributed by atoms with Crippen LogP contribution in [0, 0.1) is 5.92 Å². The van der Waals surface area contributed by atoms with Gasteiger partial charge in [0, 0.05) is 38.1 Å². The third-order valence-electron chi connectivity index (χ3n) is 3.48. The fraction of sp³-hybridized carbons (Fsp3) is 0.389. The Morgan fingerprint density at radius 1 is 1.20 bits per heavy atom. The van der Waals surface area contributed by atoms with Gasteiger partial charge in [-0.2, -0.15) is 0 Å². The number of thiazole rings is 1. The molecule has 0 bridgehead atoms. The van der Waals surface area contributed by atoms with Crippen molar-refractivity contribution in [3.63, 3.8) is 0 Å². The number of aromatic nitrogens is 1. The Hall–Kier alpha value is -2.41. The van der Waals surface area contributed by atoms with Gasteiger partial charge in [-0.25, -0.2) is 4.98 Å². The maximum absolute atomic E-state index is 12.2. The predicted octanol–water partition coefficient (Wildman–Crippen LogP) is 3.12. The van der Waals surface area contributed by atoms with Gasteiger partial charge in [-0.05, 0) is 23.6 Å². The van der Waals surface area contributed by atoms with Gasteiger partial charge in [-0.1, -0.05) is 26.0 Å². The van der Waals surface area contributed by atoms with Crippen molar-refractivity contribution in [1.29, 1.82) is 0 Å². The van der Waals surface area contributed by atoms with Crippen LogP contribution in [0.3, 0.4) is 0 Å². The number of carbonyl (C=O) groups is 2. The van der Waals surface area contributed by atoms with E-state index in [-0.39, 0.29) is 17.7 Å². The summed E-state index contributed by atoms with van der Waals surface area (Å²) in [7, 11) is 3.97. The summed E-state index contributed by atoms with van der Waals surface area (Å²) in [4.78, 5) is 30.1. The number of benzene rings is 1. The first-order valence-electron chi connectivity index (χ1n) is 8.15. The molecule has 0 atom stereocenters. The highest BCUT2D eigenvalue weighted by atomic mass is 32.1. The average Bonchev–Trinajstić information content (AvgIpc) is 3.00. The third-order valence-corrected chi connectivity index (χ3v) is 4.24. The van der Waals surface area contributed by atoms with Gasteiger partial charge in [0.25, 0.3) is 5.91 Å². The van der Waals surface area contributed by atoms with E-state index in [1.165, 1.54) is 11.3 Å². The zero-order chi connectivity index (χ0) is 18.4. The summed E-state index contributed by atoms with van der Waals surface area (Å²) in [6, 6.07) is 7.97. The van der Waals surface area contributed by atoms with Crippen LogP contribution in [-0.2, 0) is 11.3 Å². The molecule has 0 saturated carbocycles. The second kappa shape index (κ2) is 8.62. The summed E-state index contributed by atoms with van der Waals surface area (Å²) in [5, 5.41) is 7.66. The summed E-state index contributed by atoms with van der Waals surface area (Å²) in [5.74, 6) is -0.0591. The third kappa shape index (κ3) is 5.86. The van der Waals surface area contributed by atoms with E-state index < -0.39 is 0 Å². The van der Waals surface area contributed by atoms with Crippen LogP contribution in [-0.4, -0.2) is 30.9 Å². The number of nitrogens with one attached hydrogen (secondary N) is 2. The molecule has 2 N–H and O–H groups in total. The lowest BCUT2D eigenvalue weighted by Crippen LogP contribution is -2.23. The van der Waals surface area contributed by atoms with Crippen LogP contribution in [0.1, 0.15) is 36.3 Å². The summed E-state index contributed by atoms with van der Waals surface area (Å²) in [6.07, 6.45) is 0.435. The first-order valence-corrected chi connectivity index (χ1v) is 9.03. The van der Waals surface area contributed by atoms with Gasteiger partial charge < -0.3 is 15.5 Å². The van der Waals surface area contributed by atoms with E-state index in [9.17, 15) is 9.59 Å². The van der Waals surface area contributed by atoms with Gasteiger partial charge in [0.15, 0.2) is 5.13 Å². The molecule has 0 spiro atoms. The Balaban J connectivity index is 1.87. The number of amides is 2. The minimum atomic E-state index is -0.253. The van der Waals surface area contributed by atoms with E-state index >= 15 is 0 Å². The normalized spacial score (nSPS) is 10.6. The topological polar surface area (TPSA) is 74.3 Å². The lowest BCUT2D eigenvalue weighted by atomic mass is 10.1. The SMILES string of the molecule is CC(C)CC(=O)Nc1nc(C(=O)NCc2ccc(N(C)C)cc2)cs1. The van der Waals surface area contributed by atoms with Gasteiger partial charge in [0.1, 0.15) is 5.69 Å². The first kappa shape index (κ1) is 18.9. The summed E-state index contributed by atoms with van der Waals surface area (Å²) in [6.45, 7) is 4.38. The molecule has 1 aromatic heterocycles. The van der Waals surface area contributed by atoms with E-state index in [0.29, 0.717) is 23.8 Å². The van der Waals surface area contributed by atoms with Crippen molar-refractivity contribution in [2.24, 2.45) is 5.92 Å². The molecule has 0 fully saturated rings. The van der Waals surface area contributed by atoms with Crippen molar-refractivity contribution in [1.82, 2.24) is 10.3 Å². The molecule has 2 amide bonds. The number of anilines is 2. The van der Waals surface area contributed by atoms with E-state index in [4.69, 9.17) is 0 Å². The standard InChI is InChI=1S/C18H24N4O2S/c1-12(2)9-16(23)21-18-20-15(11-25-18)17(24)19-10-13-5-7-14(8-6-13)22(3)4/h5-8,11-12H,9-10H2,1-4H3,(H,19,24)(H,20,21,23). The first-order chi connectivity index (χ1) is 11.8. The second-order valence-electron chi connectivity index (χ2n) is 6.43. The van der Waals surface area contributed by atoms with Crippen LogP contribution in [0.5, 0.6) is 0 Å². The second-order valence-corrected chi connectivity index (χ2v) is 7.29. The Kier molecular flexibility index (Phi) is 6.52. The maximum Gasteiger partial charge on any atom is 0.271 e. The molecule has 25 heavy (non-hydrogen) atoms. The molecule has 0 aliphatic carbocycles. The van der Waals surface area contributed by atoms with Crippen molar-refractivity contribution in [3.05, 3.63) is 40.9 Å². The van der Waals surface area contributed by atoms with Gasteiger partial charge >= 0.3 is 0 Å². The number of hydrogen-bond donors (Lipinski definition) is 2. The molecule has 2 aromatic rings. The quantitative estimate of drug-likeness (QED) is 0.795. The van der Waals surface area contributed by atoms with Gasteiger partial charge in [-0.15, -0.1) is 11.3 Å². The largest absolute Gasteiger partial charge is 0.378 e. The molecule has 0 aliphatic rings. The molecule has 2 rings (SSSR count). The zero-order valence-electron chi connectivity index (χ0n) is 15.0. The molecule has 0 aliphatic heterocycles. The molecular weight excluding hydrogens is 336 g/mol. The highest BCUT2D eigenvalue weighted by molar-refractivity contribution is 7.14. The van der Waals surface area contributed by atoms with Crippen LogP contribution in [0.2, 0.25) is 0 Å². The minimum absolute atomic E-state index is 0.0858. The van der Waals surface area contributed by atoms with E-state index in [1.807, 2.05) is 57.1 Å². The van der Waals surface area contributed by atoms with Crippen molar-refractivity contribution in [3.8, 4) is 0 Å². The van der Waals surface area contributed by atoms with Crippen LogP contribution < -0.4 is 15.5 Å². The molecule has 1 aromatic carbocycles. The highest BCUT2D eigenvalue weighted by Gasteiger charge is 2.13. The molecule has 1 heterocycles. The predicted molar refractivity (Wildman–Crippen MR) is 102 cm³/mol. The molecular formula is C18H24N4O2S. The Morgan fingerprint density at radius 3 is 2.48 bits per heavy atom. The summed E-state index contributed by atoms with van der Waals surface area (Å²) in [5.41, 5.74) is 2.44. The maximum atomic E-state index is 12.2. The fourth-order valence-corrected chi connectivity index (χ4v) is 2.87. The summed E-state index contributed by atoms with van der Waals surface area (Å²) < 4.78 is 0.